The minimum Gasteiger partial charge on any atom is -0.494 e. The lowest BCUT2D eigenvalue weighted by molar-refractivity contribution is -0.116. The number of hydrogen-bond acceptors (Lipinski definition) is 3. The van der Waals surface area contributed by atoms with Crippen LogP contribution in [0.3, 0.4) is 0 Å². The molecule has 0 aliphatic carbocycles. The van der Waals surface area contributed by atoms with Gasteiger partial charge in [0.25, 0.3) is 0 Å². The Labute approximate surface area is 140 Å². The van der Waals surface area contributed by atoms with E-state index in [2.05, 4.69) is 5.32 Å². The van der Waals surface area contributed by atoms with Crippen molar-refractivity contribution in [1.82, 2.24) is 5.32 Å². The largest absolute Gasteiger partial charge is 0.494 e. The Kier molecular flexibility index (Phi) is 6.09. The van der Waals surface area contributed by atoms with Crippen LogP contribution < -0.4 is 10.1 Å². The zero-order valence-electron chi connectivity index (χ0n) is 13.6. The van der Waals surface area contributed by atoms with Crippen LogP contribution in [0.2, 0.25) is 0 Å². The minimum atomic E-state index is -0.776. The number of methoxy groups -OCH3 is 1. The van der Waals surface area contributed by atoms with Gasteiger partial charge in [0, 0.05) is 12.6 Å². The average Bonchev–Trinajstić information content (AvgIpc) is 2.58. The van der Waals surface area contributed by atoms with Gasteiger partial charge in [-0.3, -0.25) is 4.79 Å². The number of aliphatic hydroxyl groups excluding tert-OH is 1. The fraction of sp³-hybridized carbons (Fsp3) is 0.211. The van der Waals surface area contributed by atoms with Crippen LogP contribution in [-0.4, -0.2) is 24.7 Å². The molecule has 126 valence electrons. The molecule has 0 aromatic heterocycles. The smallest absolute Gasteiger partial charge is 0.244 e. The first-order valence-electron chi connectivity index (χ1n) is 7.54. The Hall–Kier alpha value is -2.66. The van der Waals surface area contributed by atoms with Gasteiger partial charge in [0.1, 0.15) is 0 Å². The number of ether oxygens (including phenoxy) is 1. The minimum absolute atomic E-state index is 0.102. The highest BCUT2D eigenvalue weighted by atomic mass is 19.1. The highest BCUT2D eigenvalue weighted by molar-refractivity contribution is 5.91. The third kappa shape index (κ3) is 4.67. The highest BCUT2D eigenvalue weighted by Gasteiger charge is 2.10. The number of hydrogen-bond donors (Lipinski definition) is 2. The Balaban J connectivity index is 1.91. The van der Waals surface area contributed by atoms with E-state index in [9.17, 15) is 14.3 Å². The summed E-state index contributed by atoms with van der Waals surface area (Å²) in [6.45, 7) is 2.00. The van der Waals surface area contributed by atoms with Gasteiger partial charge in [0.05, 0.1) is 13.2 Å². The molecule has 4 nitrogen and oxygen atoms in total. The first kappa shape index (κ1) is 17.7. The number of rotatable bonds is 6. The quantitative estimate of drug-likeness (QED) is 0.801. The molecule has 2 aromatic carbocycles. The fourth-order valence-corrected chi connectivity index (χ4v) is 2.29. The van der Waals surface area contributed by atoms with E-state index in [1.54, 1.807) is 6.07 Å². The average molecular weight is 329 g/mol. The van der Waals surface area contributed by atoms with E-state index >= 15 is 0 Å². The van der Waals surface area contributed by atoms with Crippen LogP contribution in [-0.2, 0) is 4.79 Å². The van der Waals surface area contributed by atoms with Crippen LogP contribution in [0.5, 0.6) is 5.75 Å². The summed E-state index contributed by atoms with van der Waals surface area (Å²) in [6, 6.07) is 11.9. The van der Waals surface area contributed by atoms with Crippen LogP contribution >= 0.6 is 0 Å². The number of carbonyl (C=O) groups is 1. The van der Waals surface area contributed by atoms with Crippen LogP contribution in [0, 0.1) is 12.7 Å². The second-order valence-corrected chi connectivity index (χ2v) is 5.34. The van der Waals surface area contributed by atoms with Crippen molar-refractivity contribution in [3.8, 4) is 5.75 Å². The molecule has 0 saturated carbocycles. The molecule has 1 amide bonds. The maximum absolute atomic E-state index is 13.6. The molecule has 1 atom stereocenters. The van der Waals surface area contributed by atoms with E-state index in [-0.39, 0.29) is 18.2 Å². The van der Waals surface area contributed by atoms with Crippen molar-refractivity contribution in [3.05, 3.63) is 71.0 Å². The van der Waals surface area contributed by atoms with Gasteiger partial charge in [0.2, 0.25) is 5.91 Å². The van der Waals surface area contributed by atoms with Crippen LogP contribution in [0.15, 0.2) is 48.5 Å². The molecule has 2 N–H and O–H groups in total. The van der Waals surface area contributed by atoms with Crippen molar-refractivity contribution < 1.29 is 19.0 Å². The maximum Gasteiger partial charge on any atom is 0.244 e. The van der Waals surface area contributed by atoms with Crippen molar-refractivity contribution in [2.75, 3.05) is 13.7 Å². The van der Waals surface area contributed by atoms with E-state index < -0.39 is 11.9 Å². The van der Waals surface area contributed by atoms with Gasteiger partial charge >= 0.3 is 0 Å². The Morgan fingerprint density at radius 1 is 1.33 bits per heavy atom. The SMILES string of the molecule is COc1ccc(/C=C/C(=O)NCC(O)c2ccccc2C)cc1F. The molecule has 5 heteroatoms. The molecule has 2 aromatic rings. The normalized spacial score (nSPS) is 12.2. The Morgan fingerprint density at radius 2 is 2.08 bits per heavy atom. The zero-order valence-corrected chi connectivity index (χ0v) is 13.6. The van der Waals surface area contributed by atoms with Crippen LogP contribution in [0.1, 0.15) is 22.8 Å². The van der Waals surface area contributed by atoms with E-state index in [1.165, 1.54) is 31.4 Å². The summed E-state index contributed by atoms with van der Waals surface area (Å²) in [6.07, 6.45) is 2.02. The lowest BCUT2D eigenvalue weighted by Gasteiger charge is -2.13. The Morgan fingerprint density at radius 3 is 2.75 bits per heavy atom. The summed E-state index contributed by atoms with van der Waals surface area (Å²) in [5.41, 5.74) is 2.28. The van der Waals surface area contributed by atoms with Crippen molar-refractivity contribution in [2.24, 2.45) is 0 Å². The van der Waals surface area contributed by atoms with E-state index in [1.807, 2.05) is 31.2 Å². The molecule has 2 rings (SSSR count). The van der Waals surface area contributed by atoms with Crippen molar-refractivity contribution in [2.45, 2.75) is 13.0 Å². The van der Waals surface area contributed by atoms with Crippen molar-refractivity contribution in [3.63, 3.8) is 0 Å². The van der Waals surface area contributed by atoms with Crippen molar-refractivity contribution in [1.29, 1.82) is 0 Å². The third-order valence-corrected chi connectivity index (χ3v) is 3.62. The van der Waals surface area contributed by atoms with Gasteiger partial charge in [-0.05, 0) is 41.8 Å². The number of benzene rings is 2. The highest BCUT2D eigenvalue weighted by Crippen LogP contribution is 2.18. The molecule has 0 aliphatic heterocycles. The fourth-order valence-electron chi connectivity index (χ4n) is 2.29. The molecule has 0 fully saturated rings. The predicted molar refractivity (Wildman–Crippen MR) is 91.1 cm³/mol. The van der Waals surface area contributed by atoms with Gasteiger partial charge in [-0.25, -0.2) is 4.39 Å². The van der Waals surface area contributed by atoms with Crippen LogP contribution in [0.4, 0.5) is 4.39 Å². The topological polar surface area (TPSA) is 58.6 Å². The molecule has 0 saturated heterocycles. The number of nitrogens with one attached hydrogen (secondary N) is 1. The monoisotopic (exact) mass is 329 g/mol. The lowest BCUT2D eigenvalue weighted by atomic mass is 10.0. The van der Waals surface area contributed by atoms with E-state index in [0.29, 0.717) is 5.56 Å². The zero-order chi connectivity index (χ0) is 17.5. The van der Waals surface area contributed by atoms with Gasteiger partial charge in [0.15, 0.2) is 11.6 Å². The summed E-state index contributed by atoms with van der Waals surface area (Å²) in [5, 5.41) is 12.7. The lowest BCUT2D eigenvalue weighted by Crippen LogP contribution is -2.26. The first-order valence-corrected chi connectivity index (χ1v) is 7.54. The van der Waals surface area contributed by atoms with E-state index in [4.69, 9.17) is 4.74 Å². The molecule has 0 heterocycles. The number of carbonyl (C=O) groups excluding carboxylic acids is 1. The predicted octanol–water partition coefficient (Wildman–Crippen LogP) is 3.01. The van der Waals surface area contributed by atoms with Crippen LogP contribution in [0.25, 0.3) is 6.08 Å². The molecule has 0 spiro atoms. The van der Waals surface area contributed by atoms with Gasteiger partial charge in [-0.15, -0.1) is 0 Å². The van der Waals surface area contributed by atoms with Gasteiger partial charge in [-0.2, -0.15) is 0 Å². The second kappa shape index (κ2) is 8.26. The summed E-state index contributed by atoms with van der Waals surface area (Å²) in [4.78, 5) is 11.8. The summed E-state index contributed by atoms with van der Waals surface area (Å²) in [7, 11) is 1.39. The number of aliphatic hydroxyl groups is 1. The third-order valence-electron chi connectivity index (χ3n) is 3.62. The summed E-state index contributed by atoms with van der Waals surface area (Å²) >= 11 is 0. The Bertz CT molecular complexity index is 743. The maximum atomic E-state index is 13.6. The number of aryl methyl sites for hydroxylation is 1. The first-order chi connectivity index (χ1) is 11.5. The molecular formula is C19H20FNO3. The summed E-state index contributed by atoms with van der Waals surface area (Å²) < 4.78 is 18.4. The number of amides is 1. The van der Waals surface area contributed by atoms with Crippen molar-refractivity contribution >= 4 is 12.0 Å². The molecule has 0 radical (unpaired) electrons. The second-order valence-electron chi connectivity index (χ2n) is 5.34. The van der Waals surface area contributed by atoms with Gasteiger partial charge in [-0.1, -0.05) is 30.3 Å². The molecule has 1 unspecified atom stereocenters. The van der Waals surface area contributed by atoms with Gasteiger partial charge < -0.3 is 15.2 Å². The summed E-state index contributed by atoms with van der Waals surface area (Å²) in [5.74, 6) is -0.702. The molecule has 24 heavy (non-hydrogen) atoms. The molecule has 0 aliphatic rings. The molecule has 0 bridgehead atoms. The standard InChI is InChI=1S/C19H20FNO3/c1-13-5-3-4-6-15(13)17(22)12-21-19(23)10-8-14-7-9-18(24-2)16(20)11-14/h3-11,17,22H,12H2,1-2H3,(H,21,23)/b10-8+. The molecular weight excluding hydrogens is 309 g/mol. The van der Waals surface area contributed by atoms with E-state index in [0.717, 1.165) is 11.1 Å². The number of halogens is 1.